The maximum atomic E-state index is 11.1. The van der Waals surface area contributed by atoms with Crippen molar-refractivity contribution in [3.8, 4) is 0 Å². The number of aromatic nitrogens is 1. The molecular formula is C15H20BrN3O2. The van der Waals surface area contributed by atoms with Crippen LogP contribution in [-0.4, -0.2) is 30.8 Å². The van der Waals surface area contributed by atoms with Crippen molar-refractivity contribution in [2.45, 2.75) is 19.9 Å². The molecule has 3 N–H and O–H groups in total. The van der Waals surface area contributed by atoms with Gasteiger partial charge in [-0.1, -0.05) is 15.9 Å². The van der Waals surface area contributed by atoms with Crippen LogP contribution in [0, 0.1) is 0 Å². The van der Waals surface area contributed by atoms with Gasteiger partial charge in [0.05, 0.1) is 0 Å². The number of carbonyl (C=O) groups is 1. The summed E-state index contributed by atoms with van der Waals surface area (Å²) in [6.07, 6.45) is -0.373. The van der Waals surface area contributed by atoms with Crippen molar-refractivity contribution in [2.24, 2.45) is 0 Å². The summed E-state index contributed by atoms with van der Waals surface area (Å²) in [5.41, 5.74) is 2.22. The number of amides is 1. The van der Waals surface area contributed by atoms with Crippen LogP contribution in [0.1, 0.15) is 25.6 Å². The van der Waals surface area contributed by atoms with E-state index in [2.05, 4.69) is 50.6 Å². The van der Waals surface area contributed by atoms with Crippen LogP contribution in [-0.2, 0) is 4.74 Å². The predicted octanol–water partition coefficient (Wildman–Crippen LogP) is 3.33. The van der Waals surface area contributed by atoms with E-state index in [0.29, 0.717) is 19.7 Å². The normalized spacial score (nSPS) is 12.3. The molecule has 1 unspecified atom stereocenters. The zero-order chi connectivity index (χ0) is 15.2. The fourth-order valence-corrected chi connectivity index (χ4v) is 2.46. The topological polar surface area (TPSA) is 66.2 Å². The Morgan fingerprint density at radius 3 is 3.00 bits per heavy atom. The molecule has 0 aliphatic heterocycles. The monoisotopic (exact) mass is 353 g/mol. The number of hydrogen-bond acceptors (Lipinski definition) is 3. The standard InChI is InChI=1S/C15H20BrN3O2/c1-3-17-15(20)21-7-6-18-10(2)14-9-11-8-12(16)4-5-13(11)19-14/h4-5,8-10,18-19H,3,6-7H2,1-2H3,(H,17,20). The summed E-state index contributed by atoms with van der Waals surface area (Å²) in [5, 5.41) is 7.09. The quantitative estimate of drug-likeness (QED) is 0.697. The second-order valence-electron chi connectivity index (χ2n) is 4.80. The predicted molar refractivity (Wildman–Crippen MR) is 87.4 cm³/mol. The number of ether oxygens (including phenoxy) is 1. The Labute approximate surface area is 132 Å². The van der Waals surface area contributed by atoms with E-state index in [-0.39, 0.29) is 12.1 Å². The molecule has 1 amide bonds. The van der Waals surface area contributed by atoms with Crippen LogP contribution in [0.4, 0.5) is 4.79 Å². The molecule has 1 heterocycles. The first-order valence-electron chi connectivity index (χ1n) is 7.02. The molecule has 21 heavy (non-hydrogen) atoms. The summed E-state index contributed by atoms with van der Waals surface area (Å²) < 4.78 is 6.08. The van der Waals surface area contributed by atoms with E-state index in [0.717, 1.165) is 15.7 Å². The SMILES string of the molecule is CCNC(=O)OCCNC(C)c1cc2cc(Br)ccc2[nH]1. The summed E-state index contributed by atoms with van der Waals surface area (Å²) in [4.78, 5) is 14.5. The van der Waals surface area contributed by atoms with Crippen LogP contribution in [0.5, 0.6) is 0 Å². The molecule has 0 saturated heterocycles. The Morgan fingerprint density at radius 1 is 1.43 bits per heavy atom. The van der Waals surface area contributed by atoms with Crippen LogP contribution in [0.25, 0.3) is 10.9 Å². The van der Waals surface area contributed by atoms with Crippen molar-refractivity contribution in [2.75, 3.05) is 19.7 Å². The molecule has 1 aromatic carbocycles. The van der Waals surface area contributed by atoms with Gasteiger partial charge < -0.3 is 20.4 Å². The van der Waals surface area contributed by atoms with Gasteiger partial charge in [-0.3, -0.25) is 0 Å². The lowest BCUT2D eigenvalue weighted by molar-refractivity contribution is 0.146. The van der Waals surface area contributed by atoms with Crippen molar-refractivity contribution in [3.05, 3.63) is 34.4 Å². The van der Waals surface area contributed by atoms with Gasteiger partial charge in [-0.15, -0.1) is 0 Å². The molecule has 114 valence electrons. The lowest BCUT2D eigenvalue weighted by atomic mass is 10.2. The van der Waals surface area contributed by atoms with Crippen LogP contribution in [0.2, 0.25) is 0 Å². The van der Waals surface area contributed by atoms with Crippen molar-refractivity contribution >= 4 is 32.9 Å². The number of fused-ring (bicyclic) bond motifs is 1. The third-order valence-electron chi connectivity index (χ3n) is 3.18. The molecular weight excluding hydrogens is 334 g/mol. The number of nitrogens with one attached hydrogen (secondary N) is 3. The lowest BCUT2D eigenvalue weighted by Crippen LogP contribution is -2.29. The van der Waals surface area contributed by atoms with Gasteiger partial charge in [0.2, 0.25) is 0 Å². The van der Waals surface area contributed by atoms with Gasteiger partial charge in [0, 0.05) is 40.2 Å². The number of aromatic amines is 1. The highest BCUT2D eigenvalue weighted by molar-refractivity contribution is 9.10. The van der Waals surface area contributed by atoms with E-state index in [4.69, 9.17) is 4.74 Å². The summed E-state index contributed by atoms with van der Waals surface area (Å²) in [5.74, 6) is 0. The zero-order valence-electron chi connectivity index (χ0n) is 12.2. The Hall–Kier alpha value is -1.53. The van der Waals surface area contributed by atoms with Gasteiger partial charge >= 0.3 is 6.09 Å². The summed E-state index contributed by atoms with van der Waals surface area (Å²) in [6.45, 7) is 5.47. The molecule has 0 bridgehead atoms. The number of benzene rings is 1. The Kier molecular flexibility index (Phi) is 5.64. The minimum atomic E-state index is -0.373. The lowest BCUT2D eigenvalue weighted by Gasteiger charge is -2.12. The van der Waals surface area contributed by atoms with Crippen molar-refractivity contribution in [3.63, 3.8) is 0 Å². The number of rotatable bonds is 6. The molecule has 1 atom stereocenters. The van der Waals surface area contributed by atoms with Crippen LogP contribution in [0.15, 0.2) is 28.7 Å². The number of H-pyrrole nitrogens is 1. The number of hydrogen-bond donors (Lipinski definition) is 3. The smallest absolute Gasteiger partial charge is 0.407 e. The minimum Gasteiger partial charge on any atom is -0.448 e. The maximum absolute atomic E-state index is 11.1. The van der Waals surface area contributed by atoms with Gasteiger partial charge in [-0.2, -0.15) is 0 Å². The van der Waals surface area contributed by atoms with E-state index in [1.54, 1.807) is 0 Å². The fraction of sp³-hybridized carbons (Fsp3) is 0.400. The third-order valence-corrected chi connectivity index (χ3v) is 3.67. The van der Waals surface area contributed by atoms with Crippen molar-refractivity contribution in [1.82, 2.24) is 15.6 Å². The molecule has 0 radical (unpaired) electrons. The van der Waals surface area contributed by atoms with Crippen molar-refractivity contribution in [1.29, 1.82) is 0 Å². The fourth-order valence-electron chi connectivity index (χ4n) is 2.08. The highest BCUT2D eigenvalue weighted by Gasteiger charge is 2.09. The Morgan fingerprint density at radius 2 is 2.24 bits per heavy atom. The average Bonchev–Trinajstić information content (AvgIpc) is 2.86. The Balaban J connectivity index is 1.84. The zero-order valence-corrected chi connectivity index (χ0v) is 13.8. The highest BCUT2D eigenvalue weighted by Crippen LogP contribution is 2.23. The average molecular weight is 354 g/mol. The van der Waals surface area contributed by atoms with Crippen LogP contribution < -0.4 is 10.6 Å². The largest absolute Gasteiger partial charge is 0.448 e. The molecule has 0 saturated carbocycles. The van der Waals surface area contributed by atoms with Crippen LogP contribution >= 0.6 is 15.9 Å². The number of carbonyl (C=O) groups excluding carboxylic acids is 1. The first-order valence-corrected chi connectivity index (χ1v) is 7.81. The molecule has 5 nitrogen and oxygen atoms in total. The summed E-state index contributed by atoms with van der Waals surface area (Å²) in [7, 11) is 0. The van der Waals surface area contributed by atoms with Gasteiger partial charge in [0.1, 0.15) is 6.61 Å². The Bertz CT molecular complexity index is 612. The molecule has 1 aromatic heterocycles. The van der Waals surface area contributed by atoms with Crippen LogP contribution in [0.3, 0.4) is 0 Å². The molecule has 2 aromatic rings. The third kappa shape index (κ3) is 4.47. The molecule has 0 aliphatic carbocycles. The molecule has 2 rings (SSSR count). The van der Waals surface area contributed by atoms with Gasteiger partial charge in [0.25, 0.3) is 0 Å². The first-order chi connectivity index (χ1) is 10.1. The van der Waals surface area contributed by atoms with E-state index in [1.807, 2.05) is 19.1 Å². The van der Waals surface area contributed by atoms with Gasteiger partial charge in [-0.05, 0) is 38.1 Å². The first kappa shape index (κ1) is 15.9. The number of alkyl carbamates (subject to hydrolysis) is 1. The number of halogens is 1. The van der Waals surface area contributed by atoms with Gasteiger partial charge in [-0.25, -0.2) is 4.79 Å². The summed E-state index contributed by atoms with van der Waals surface area (Å²) in [6, 6.07) is 8.44. The minimum absolute atomic E-state index is 0.161. The molecule has 0 spiro atoms. The summed E-state index contributed by atoms with van der Waals surface area (Å²) >= 11 is 3.47. The molecule has 0 aliphatic rings. The van der Waals surface area contributed by atoms with E-state index >= 15 is 0 Å². The second kappa shape index (κ2) is 7.47. The molecule has 0 fully saturated rings. The second-order valence-corrected chi connectivity index (χ2v) is 5.71. The molecule has 6 heteroatoms. The van der Waals surface area contributed by atoms with Gasteiger partial charge in [0.15, 0.2) is 0 Å². The highest BCUT2D eigenvalue weighted by atomic mass is 79.9. The van der Waals surface area contributed by atoms with E-state index < -0.39 is 0 Å². The van der Waals surface area contributed by atoms with E-state index in [9.17, 15) is 4.79 Å². The van der Waals surface area contributed by atoms with Crippen molar-refractivity contribution < 1.29 is 9.53 Å². The maximum Gasteiger partial charge on any atom is 0.407 e. The van der Waals surface area contributed by atoms with E-state index in [1.165, 1.54) is 5.39 Å².